The van der Waals surface area contributed by atoms with Crippen molar-refractivity contribution in [3.8, 4) is 0 Å². The zero-order chi connectivity index (χ0) is 15.9. The summed E-state index contributed by atoms with van der Waals surface area (Å²) in [6, 6.07) is 12.0. The Morgan fingerprint density at radius 3 is 2.64 bits per heavy atom. The minimum absolute atomic E-state index is 0.0216. The molecule has 3 nitrogen and oxygen atoms in total. The molecule has 22 heavy (non-hydrogen) atoms. The van der Waals surface area contributed by atoms with E-state index in [1.807, 2.05) is 36.4 Å². The maximum Gasteiger partial charge on any atom is 0.261 e. The Balaban J connectivity index is 2.01. The zero-order valence-electron chi connectivity index (χ0n) is 13.1. The van der Waals surface area contributed by atoms with Gasteiger partial charge in [0.05, 0.1) is 4.88 Å². The lowest BCUT2D eigenvalue weighted by molar-refractivity contribution is 0.0953. The van der Waals surface area contributed by atoms with E-state index in [2.05, 4.69) is 19.2 Å². The highest BCUT2D eigenvalue weighted by atomic mass is 32.1. The lowest BCUT2D eigenvalue weighted by atomic mass is 9.96. The minimum atomic E-state index is -0.0216. The number of carbonyl (C=O) groups is 1. The van der Waals surface area contributed by atoms with E-state index in [-0.39, 0.29) is 18.4 Å². The number of nitrogens with one attached hydrogen (secondary N) is 1. The van der Waals surface area contributed by atoms with Gasteiger partial charge in [-0.3, -0.25) is 4.79 Å². The highest BCUT2D eigenvalue weighted by molar-refractivity contribution is 7.14. The van der Waals surface area contributed by atoms with Crippen LogP contribution in [0, 0.1) is 6.92 Å². The summed E-state index contributed by atoms with van der Waals surface area (Å²) in [4.78, 5) is 14.3. The second-order valence-electron chi connectivity index (χ2n) is 5.38. The largest absolute Gasteiger partial charge is 0.396 e. The third-order valence-corrected chi connectivity index (χ3v) is 4.97. The summed E-state index contributed by atoms with van der Waals surface area (Å²) >= 11 is 1.55. The summed E-state index contributed by atoms with van der Waals surface area (Å²) in [7, 11) is 0. The average Bonchev–Trinajstić information content (AvgIpc) is 2.93. The third-order valence-electron chi connectivity index (χ3n) is 3.88. The first kappa shape index (κ1) is 16.7. The molecule has 0 saturated carbocycles. The molecular formula is C18H23NO2S. The first-order chi connectivity index (χ1) is 10.7. The van der Waals surface area contributed by atoms with Gasteiger partial charge in [-0.1, -0.05) is 37.3 Å². The van der Waals surface area contributed by atoms with E-state index >= 15 is 0 Å². The van der Waals surface area contributed by atoms with Crippen LogP contribution in [0.3, 0.4) is 0 Å². The number of hydrogen-bond acceptors (Lipinski definition) is 3. The van der Waals surface area contributed by atoms with E-state index in [4.69, 9.17) is 0 Å². The smallest absolute Gasteiger partial charge is 0.261 e. The summed E-state index contributed by atoms with van der Waals surface area (Å²) in [5.74, 6) is 0.119. The molecule has 2 rings (SSSR count). The van der Waals surface area contributed by atoms with Gasteiger partial charge in [-0.15, -0.1) is 11.3 Å². The molecule has 2 aromatic rings. The number of carbonyl (C=O) groups excluding carboxylic acids is 1. The molecule has 0 radical (unpaired) electrons. The molecule has 1 unspecified atom stereocenters. The maximum absolute atomic E-state index is 12.3. The first-order valence-electron chi connectivity index (χ1n) is 7.69. The molecule has 1 atom stereocenters. The summed E-state index contributed by atoms with van der Waals surface area (Å²) in [6.07, 6.45) is 1.60. The molecule has 1 aromatic carbocycles. The topological polar surface area (TPSA) is 49.3 Å². The van der Waals surface area contributed by atoms with Crippen molar-refractivity contribution in [3.63, 3.8) is 0 Å². The van der Waals surface area contributed by atoms with Crippen LogP contribution in [0.2, 0.25) is 0 Å². The number of aliphatic hydroxyl groups is 1. The van der Waals surface area contributed by atoms with Gasteiger partial charge in [0, 0.05) is 23.9 Å². The highest BCUT2D eigenvalue weighted by Crippen LogP contribution is 2.23. The van der Waals surface area contributed by atoms with Gasteiger partial charge in [0.25, 0.3) is 5.91 Å². The van der Waals surface area contributed by atoms with Gasteiger partial charge in [0.1, 0.15) is 0 Å². The van der Waals surface area contributed by atoms with Gasteiger partial charge in [0.15, 0.2) is 0 Å². The van der Waals surface area contributed by atoms with Crippen molar-refractivity contribution >= 4 is 17.2 Å². The minimum Gasteiger partial charge on any atom is -0.396 e. The highest BCUT2D eigenvalue weighted by Gasteiger charge is 2.15. The molecule has 0 bridgehead atoms. The quantitative estimate of drug-likeness (QED) is 0.821. The van der Waals surface area contributed by atoms with Crippen molar-refractivity contribution in [2.24, 2.45) is 0 Å². The van der Waals surface area contributed by atoms with Crippen molar-refractivity contribution in [1.82, 2.24) is 5.32 Å². The number of amides is 1. The maximum atomic E-state index is 12.3. The standard InChI is InChI=1S/C18H23NO2S/c1-3-14-11-17(22-13(14)2)18(21)19-12-16(9-10-20)15-7-5-4-6-8-15/h4-8,11,16,20H,3,9-10,12H2,1-2H3,(H,19,21). The molecule has 118 valence electrons. The van der Waals surface area contributed by atoms with Gasteiger partial charge >= 0.3 is 0 Å². The van der Waals surface area contributed by atoms with Crippen LogP contribution in [0.25, 0.3) is 0 Å². The van der Waals surface area contributed by atoms with Gasteiger partial charge in [0.2, 0.25) is 0 Å². The van der Waals surface area contributed by atoms with Gasteiger partial charge in [-0.05, 0) is 37.0 Å². The monoisotopic (exact) mass is 317 g/mol. The number of hydrogen-bond donors (Lipinski definition) is 2. The van der Waals surface area contributed by atoms with E-state index in [1.165, 1.54) is 10.4 Å². The second-order valence-corrected chi connectivity index (χ2v) is 6.63. The Hall–Kier alpha value is -1.65. The molecule has 0 fully saturated rings. The summed E-state index contributed by atoms with van der Waals surface area (Å²) in [6.45, 7) is 4.82. The lowest BCUT2D eigenvalue weighted by Crippen LogP contribution is -2.28. The Morgan fingerprint density at radius 1 is 1.32 bits per heavy atom. The number of aryl methyl sites for hydroxylation is 2. The number of rotatable bonds is 7. The normalized spacial score (nSPS) is 12.1. The Kier molecular flexibility index (Phi) is 6.16. The van der Waals surface area contributed by atoms with Crippen LogP contribution in [0.5, 0.6) is 0 Å². The van der Waals surface area contributed by atoms with Crippen LogP contribution >= 0.6 is 11.3 Å². The van der Waals surface area contributed by atoms with E-state index in [0.29, 0.717) is 13.0 Å². The van der Waals surface area contributed by atoms with Crippen molar-refractivity contribution in [1.29, 1.82) is 0 Å². The van der Waals surface area contributed by atoms with E-state index < -0.39 is 0 Å². The molecule has 4 heteroatoms. The third kappa shape index (κ3) is 4.18. The molecule has 0 saturated heterocycles. The van der Waals surface area contributed by atoms with E-state index in [9.17, 15) is 9.90 Å². The van der Waals surface area contributed by atoms with Crippen LogP contribution in [-0.4, -0.2) is 24.2 Å². The zero-order valence-corrected chi connectivity index (χ0v) is 14.0. The summed E-state index contributed by atoms with van der Waals surface area (Å²) in [5, 5.41) is 12.2. The predicted octanol–water partition coefficient (Wildman–Crippen LogP) is 3.51. The van der Waals surface area contributed by atoms with Gasteiger partial charge < -0.3 is 10.4 Å². The van der Waals surface area contributed by atoms with Crippen molar-refractivity contribution in [3.05, 3.63) is 57.3 Å². The average molecular weight is 317 g/mol. The van der Waals surface area contributed by atoms with Gasteiger partial charge in [-0.25, -0.2) is 0 Å². The molecule has 0 aliphatic rings. The molecule has 1 heterocycles. The molecule has 2 N–H and O–H groups in total. The molecule has 1 amide bonds. The molecule has 0 aliphatic carbocycles. The Labute approximate surface area is 136 Å². The van der Waals surface area contributed by atoms with Crippen molar-refractivity contribution < 1.29 is 9.90 Å². The predicted molar refractivity (Wildman–Crippen MR) is 91.7 cm³/mol. The Morgan fingerprint density at radius 2 is 2.05 bits per heavy atom. The summed E-state index contributed by atoms with van der Waals surface area (Å²) < 4.78 is 0. The Bertz CT molecular complexity index is 607. The van der Waals surface area contributed by atoms with E-state index in [0.717, 1.165) is 16.9 Å². The number of benzene rings is 1. The summed E-state index contributed by atoms with van der Waals surface area (Å²) in [5.41, 5.74) is 2.39. The van der Waals surface area contributed by atoms with Crippen LogP contribution in [-0.2, 0) is 6.42 Å². The molecule has 1 aromatic heterocycles. The number of aliphatic hydroxyl groups excluding tert-OH is 1. The van der Waals surface area contributed by atoms with Crippen LogP contribution in [0.1, 0.15) is 44.9 Å². The fourth-order valence-corrected chi connectivity index (χ4v) is 3.58. The van der Waals surface area contributed by atoms with Crippen molar-refractivity contribution in [2.75, 3.05) is 13.2 Å². The molecule has 0 spiro atoms. The SMILES string of the molecule is CCc1cc(C(=O)NCC(CCO)c2ccccc2)sc1C. The second kappa shape index (κ2) is 8.11. The van der Waals surface area contributed by atoms with Gasteiger partial charge in [-0.2, -0.15) is 0 Å². The fraction of sp³-hybridized carbons (Fsp3) is 0.389. The fourth-order valence-electron chi connectivity index (χ4n) is 2.55. The molecular weight excluding hydrogens is 294 g/mol. The van der Waals surface area contributed by atoms with Crippen LogP contribution in [0.15, 0.2) is 36.4 Å². The lowest BCUT2D eigenvalue weighted by Gasteiger charge is -2.16. The van der Waals surface area contributed by atoms with Crippen LogP contribution in [0.4, 0.5) is 0 Å². The van der Waals surface area contributed by atoms with E-state index in [1.54, 1.807) is 11.3 Å². The molecule has 0 aliphatic heterocycles. The first-order valence-corrected chi connectivity index (χ1v) is 8.50. The van der Waals surface area contributed by atoms with Crippen LogP contribution < -0.4 is 5.32 Å². The number of thiophene rings is 1. The van der Waals surface area contributed by atoms with Crippen molar-refractivity contribution in [2.45, 2.75) is 32.6 Å².